The fraction of sp³-hybridized carbons (Fsp3) is 0.333. The molecule has 2 aromatic carbocycles. The lowest BCUT2D eigenvalue weighted by molar-refractivity contribution is 0.0828. The van der Waals surface area contributed by atoms with Gasteiger partial charge in [-0.1, -0.05) is 23.8 Å². The van der Waals surface area contributed by atoms with Crippen LogP contribution in [0.5, 0.6) is 0 Å². The second-order valence-electron chi connectivity index (χ2n) is 10.00. The number of aromatic nitrogens is 6. The van der Waals surface area contributed by atoms with Crippen molar-refractivity contribution in [2.75, 3.05) is 20.6 Å². The number of carbonyl (C=O) groups is 1. The van der Waals surface area contributed by atoms with Crippen LogP contribution in [-0.4, -0.2) is 61.6 Å². The first-order chi connectivity index (χ1) is 17.5. The fourth-order valence-electron chi connectivity index (χ4n) is 4.87. The molecular formula is C27H30N8O. The predicted octanol–water partition coefficient (Wildman–Crippen LogP) is 3.94. The molecule has 6 rings (SSSR count). The molecule has 0 radical (unpaired) electrons. The van der Waals surface area contributed by atoms with Crippen molar-refractivity contribution in [2.24, 2.45) is 5.92 Å². The maximum atomic E-state index is 12.6. The number of nitrogens with zero attached hydrogens (tertiary/aromatic N) is 5. The Morgan fingerprint density at radius 2 is 2.06 bits per heavy atom. The molecule has 0 atom stereocenters. The van der Waals surface area contributed by atoms with Gasteiger partial charge in [-0.3, -0.25) is 9.89 Å². The van der Waals surface area contributed by atoms with Crippen LogP contribution in [0, 0.1) is 5.92 Å². The van der Waals surface area contributed by atoms with Gasteiger partial charge in [0.05, 0.1) is 24.5 Å². The van der Waals surface area contributed by atoms with Gasteiger partial charge in [-0.2, -0.15) is 5.10 Å². The second-order valence-corrected chi connectivity index (χ2v) is 10.00. The van der Waals surface area contributed by atoms with Crippen molar-refractivity contribution in [3.05, 3.63) is 65.6 Å². The zero-order chi connectivity index (χ0) is 24.6. The molecule has 0 saturated heterocycles. The van der Waals surface area contributed by atoms with Gasteiger partial charge in [0, 0.05) is 48.4 Å². The summed E-state index contributed by atoms with van der Waals surface area (Å²) in [7, 11) is 3.48. The van der Waals surface area contributed by atoms with E-state index in [4.69, 9.17) is 0 Å². The molecule has 5 aromatic rings. The highest BCUT2D eigenvalue weighted by molar-refractivity contribution is 6.02. The van der Waals surface area contributed by atoms with E-state index in [1.165, 1.54) is 30.3 Å². The van der Waals surface area contributed by atoms with Crippen LogP contribution in [0.2, 0.25) is 0 Å². The number of nitrogens with one attached hydrogen (secondary N) is 3. The molecule has 3 heterocycles. The summed E-state index contributed by atoms with van der Waals surface area (Å²) >= 11 is 0. The summed E-state index contributed by atoms with van der Waals surface area (Å²) in [6.45, 7) is 2.57. The van der Waals surface area contributed by atoms with E-state index >= 15 is 0 Å². The van der Waals surface area contributed by atoms with Crippen molar-refractivity contribution in [1.29, 1.82) is 0 Å². The number of hydrogen-bond acceptors (Lipinski definition) is 5. The number of benzene rings is 2. The molecule has 3 N–H and O–H groups in total. The van der Waals surface area contributed by atoms with Crippen LogP contribution in [0.1, 0.15) is 40.9 Å². The number of hydrogen-bond donors (Lipinski definition) is 3. The van der Waals surface area contributed by atoms with Crippen molar-refractivity contribution in [1.82, 2.24) is 40.4 Å². The molecule has 1 aliphatic carbocycles. The van der Waals surface area contributed by atoms with Gasteiger partial charge in [0.2, 0.25) is 0 Å². The van der Waals surface area contributed by atoms with Crippen LogP contribution in [-0.2, 0) is 13.1 Å². The molecule has 0 bridgehead atoms. The number of carbonyl (C=O) groups excluding carboxylic acids is 1. The standard InChI is InChI=1S/C27H30N8O/c1-34(2)27(36)20-10-22(23-14-29-31-25(23)11-20)26-16-35(33-32-26)15-18-6-7-19-9-21(30-24(19)8-18)13-28-12-17-4-3-5-17/h6-11,14,16-17,28,30H,3-5,12-13,15H2,1-2H3,(H,29,31). The monoisotopic (exact) mass is 482 g/mol. The van der Waals surface area contributed by atoms with E-state index in [2.05, 4.69) is 55.1 Å². The average Bonchev–Trinajstić information content (AvgIpc) is 3.58. The Morgan fingerprint density at radius 1 is 1.17 bits per heavy atom. The van der Waals surface area contributed by atoms with Gasteiger partial charge < -0.3 is 15.2 Å². The molecular weight excluding hydrogens is 452 g/mol. The lowest BCUT2D eigenvalue weighted by Crippen LogP contribution is -2.26. The van der Waals surface area contributed by atoms with Gasteiger partial charge in [-0.25, -0.2) is 4.68 Å². The van der Waals surface area contributed by atoms with E-state index in [0.29, 0.717) is 17.8 Å². The summed E-state index contributed by atoms with van der Waals surface area (Å²) < 4.78 is 1.83. The van der Waals surface area contributed by atoms with Crippen molar-refractivity contribution >= 4 is 27.7 Å². The molecule has 0 unspecified atom stereocenters. The third kappa shape index (κ3) is 4.37. The molecule has 3 aromatic heterocycles. The maximum Gasteiger partial charge on any atom is 0.253 e. The average molecular weight is 483 g/mol. The first-order valence-corrected chi connectivity index (χ1v) is 12.4. The summed E-state index contributed by atoms with van der Waals surface area (Å²) in [4.78, 5) is 17.7. The van der Waals surface area contributed by atoms with Crippen LogP contribution in [0.15, 0.2) is 48.8 Å². The quantitative estimate of drug-likeness (QED) is 0.311. The van der Waals surface area contributed by atoms with Crippen LogP contribution >= 0.6 is 0 Å². The molecule has 1 aliphatic rings. The Kier molecular flexibility index (Phi) is 5.77. The Balaban J connectivity index is 1.21. The molecule has 1 saturated carbocycles. The first-order valence-electron chi connectivity index (χ1n) is 12.4. The molecule has 9 heteroatoms. The summed E-state index contributed by atoms with van der Waals surface area (Å²) in [5.74, 6) is 0.783. The Hall–Kier alpha value is -3.98. The number of fused-ring (bicyclic) bond motifs is 2. The third-order valence-corrected chi connectivity index (χ3v) is 7.09. The first kappa shape index (κ1) is 22.5. The van der Waals surface area contributed by atoms with E-state index in [9.17, 15) is 4.79 Å². The van der Waals surface area contributed by atoms with E-state index in [-0.39, 0.29) is 5.91 Å². The van der Waals surface area contributed by atoms with Gasteiger partial charge in [0.15, 0.2) is 0 Å². The molecule has 1 fully saturated rings. The number of rotatable bonds is 8. The van der Waals surface area contributed by atoms with Gasteiger partial charge in [0.1, 0.15) is 5.69 Å². The molecule has 184 valence electrons. The van der Waals surface area contributed by atoms with E-state index in [1.807, 2.05) is 23.0 Å². The lowest BCUT2D eigenvalue weighted by Gasteiger charge is -2.25. The summed E-state index contributed by atoms with van der Waals surface area (Å²) in [6, 6.07) is 12.4. The Morgan fingerprint density at radius 3 is 2.86 bits per heavy atom. The highest BCUT2D eigenvalue weighted by Crippen LogP contribution is 2.29. The molecule has 0 aliphatic heterocycles. The van der Waals surface area contributed by atoms with Gasteiger partial charge in [-0.15, -0.1) is 5.10 Å². The normalized spacial score (nSPS) is 13.9. The zero-order valence-electron chi connectivity index (χ0n) is 20.6. The second kappa shape index (κ2) is 9.23. The van der Waals surface area contributed by atoms with E-state index in [0.717, 1.165) is 46.6 Å². The van der Waals surface area contributed by atoms with E-state index < -0.39 is 0 Å². The van der Waals surface area contributed by atoms with Crippen molar-refractivity contribution in [3.8, 4) is 11.3 Å². The lowest BCUT2D eigenvalue weighted by atomic mass is 9.85. The van der Waals surface area contributed by atoms with E-state index in [1.54, 1.807) is 25.2 Å². The third-order valence-electron chi connectivity index (χ3n) is 7.09. The summed E-state index contributed by atoms with van der Waals surface area (Å²) in [6.07, 6.45) is 7.77. The zero-order valence-corrected chi connectivity index (χ0v) is 20.6. The highest BCUT2D eigenvalue weighted by Gasteiger charge is 2.17. The van der Waals surface area contributed by atoms with Crippen LogP contribution < -0.4 is 5.32 Å². The van der Waals surface area contributed by atoms with Crippen molar-refractivity contribution in [3.63, 3.8) is 0 Å². The topological polar surface area (TPSA) is 108 Å². The number of aromatic amines is 2. The summed E-state index contributed by atoms with van der Waals surface area (Å²) in [5.41, 5.74) is 6.38. The molecule has 36 heavy (non-hydrogen) atoms. The van der Waals surface area contributed by atoms with Gasteiger partial charge >= 0.3 is 0 Å². The van der Waals surface area contributed by atoms with Gasteiger partial charge in [-0.05, 0) is 60.5 Å². The Bertz CT molecular complexity index is 1540. The van der Waals surface area contributed by atoms with Crippen LogP contribution in [0.4, 0.5) is 0 Å². The van der Waals surface area contributed by atoms with Crippen LogP contribution in [0.3, 0.4) is 0 Å². The smallest absolute Gasteiger partial charge is 0.253 e. The number of H-pyrrole nitrogens is 2. The summed E-state index contributed by atoms with van der Waals surface area (Å²) in [5, 5.41) is 21.6. The fourth-order valence-corrected chi connectivity index (χ4v) is 4.87. The van der Waals surface area contributed by atoms with Crippen LogP contribution in [0.25, 0.3) is 33.1 Å². The molecule has 9 nitrogen and oxygen atoms in total. The molecule has 0 spiro atoms. The largest absolute Gasteiger partial charge is 0.357 e. The minimum Gasteiger partial charge on any atom is -0.357 e. The van der Waals surface area contributed by atoms with Crippen molar-refractivity contribution in [2.45, 2.75) is 32.4 Å². The van der Waals surface area contributed by atoms with Crippen molar-refractivity contribution < 1.29 is 4.79 Å². The molecule has 1 amide bonds. The number of amides is 1. The highest BCUT2D eigenvalue weighted by atomic mass is 16.2. The maximum absolute atomic E-state index is 12.6. The minimum atomic E-state index is -0.0722. The Labute approximate surface area is 208 Å². The predicted molar refractivity (Wildman–Crippen MR) is 140 cm³/mol. The minimum absolute atomic E-state index is 0.0722. The SMILES string of the molecule is CN(C)C(=O)c1cc(-c2cn(Cc3ccc4cc(CNCC5CCC5)[nH]c4c3)nn2)c2cn[nH]c2c1. The van der Waals surface area contributed by atoms with Gasteiger partial charge in [0.25, 0.3) is 5.91 Å².